The second kappa shape index (κ2) is 16.5. The molecule has 0 radical (unpaired) electrons. The van der Waals surface area contributed by atoms with Gasteiger partial charge in [0, 0.05) is 12.0 Å². The van der Waals surface area contributed by atoms with Gasteiger partial charge in [-0.05, 0) is 12.5 Å². The monoisotopic (exact) mass is 284 g/mol. The van der Waals surface area contributed by atoms with E-state index in [-0.39, 0.29) is 0 Å². The van der Waals surface area contributed by atoms with Gasteiger partial charge in [-0.2, -0.15) is 0 Å². The largest absolute Gasteiger partial charge is 0.307 e. The van der Waals surface area contributed by atoms with E-state index < -0.39 is 0 Å². The molecule has 0 heterocycles. The number of carbonyl (C=O) groups excluding carboxylic acids is 3. The first-order valence-corrected chi connectivity index (χ1v) is 6.56. The molecule has 0 N–H and O–H groups in total. The summed E-state index contributed by atoms with van der Waals surface area (Å²) >= 11 is 5.59. The number of benzene rings is 1. The maximum atomic E-state index is 10.1. The molecule has 0 saturated carbocycles. The number of hydrogen-bond acceptors (Lipinski definition) is 3. The minimum Gasteiger partial charge on any atom is -0.307 e. The van der Waals surface area contributed by atoms with E-state index in [2.05, 4.69) is 6.92 Å². The van der Waals surface area contributed by atoms with E-state index in [1.807, 2.05) is 6.79 Å². The number of aldehydes is 2. The highest BCUT2D eigenvalue weighted by Crippen LogP contribution is 2.11. The van der Waals surface area contributed by atoms with E-state index in [0.29, 0.717) is 10.6 Å². The molecule has 0 aliphatic rings. The third kappa shape index (κ3) is 12.8. The van der Waals surface area contributed by atoms with E-state index in [9.17, 15) is 9.59 Å². The van der Waals surface area contributed by atoms with Crippen LogP contribution in [0.3, 0.4) is 0 Å². The van der Waals surface area contributed by atoms with Crippen molar-refractivity contribution in [2.75, 3.05) is 0 Å². The van der Waals surface area contributed by atoms with Crippen molar-refractivity contribution in [3.63, 3.8) is 0 Å². The van der Waals surface area contributed by atoms with Crippen molar-refractivity contribution in [1.82, 2.24) is 0 Å². The van der Waals surface area contributed by atoms with Crippen LogP contribution in [0.1, 0.15) is 49.4 Å². The Morgan fingerprint density at radius 2 is 1.74 bits per heavy atom. The molecule has 1 aromatic carbocycles. The number of hydrogen-bond donors (Lipinski definition) is 0. The summed E-state index contributed by atoms with van der Waals surface area (Å²) in [6.07, 6.45) is 7.30. The zero-order valence-electron chi connectivity index (χ0n) is 11.3. The average Bonchev–Trinajstić information content (AvgIpc) is 2.47. The number of rotatable bonds is 6. The van der Waals surface area contributed by atoms with E-state index in [1.54, 1.807) is 24.3 Å². The Morgan fingerprint density at radius 1 is 1.11 bits per heavy atom. The first-order chi connectivity index (χ1) is 9.26. The van der Waals surface area contributed by atoms with Crippen LogP contribution in [0.15, 0.2) is 24.3 Å². The SMILES string of the molecule is C=O.CCCCCCC=O.O=Cc1ccccc1Cl. The molecule has 3 nitrogen and oxygen atoms in total. The Morgan fingerprint density at radius 3 is 2.16 bits per heavy atom. The molecule has 19 heavy (non-hydrogen) atoms. The van der Waals surface area contributed by atoms with Crippen molar-refractivity contribution < 1.29 is 14.4 Å². The van der Waals surface area contributed by atoms with Gasteiger partial charge < -0.3 is 9.59 Å². The number of unbranched alkanes of at least 4 members (excludes halogenated alkanes) is 4. The lowest BCUT2D eigenvalue weighted by Crippen LogP contribution is -1.77. The van der Waals surface area contributed by atoms with E-state index in [4.69, 9.17) is 16.4 Å². The van der Waals surface area contributed by atoms with Crippen molar-refractivity contribution in [2.45, 2.75) is 39.0 Å². The maximum absolute atomic E-state index is 10.1. The van der Waals surface area contributed by atoms with Gasteiger partial charge in [0.15, 0.2) is 6.29 Å². The highest BCUT2D eigenvalue weighted by Gasteiger charge is 1.92. The Kier molecular flexibility index (Phi) is 17.3. The molecule has 0 unspecified atom stereocenters. The lowest BCUT2D eigenvalue weighted by atomic mass is 10.2. The smallest absolute Gasteiger partial charge is 0.151 e. The summed E-state index contributed by atoms with van der Waals surface area (Å²) in [5.74, 6) is 0. The highest BCUT2D eigenvalue weighted by molar-refractivity contribution is 6.32. The van der Waals surface area contributed by atoms with Crippen LogP contribution in [0.2, 0.25) is 5.02 Å². The lowest BCUT2D eigenvalue weighted by Gasteiger charge is -1.90. The van der Waals surface area contributed by atoms with Crippen LogP contribution in [0.5, 0.6) is 0 Å². The molecule has 106 valence electrons. The molecule has 0 spiro atoms. The fraction of sp³-hybridized carbons (Fsp3) is 0.400. The van der Waals surface area contributed by atoms with Crippen molar-refractivity contribution in [1.29, 1.82) is 0 Å². The summed E-state index contributed by atoms with van der Waals surface area (Å²) in [5, 5.41) is 0.507. The van der Waals surface area contributed by atoms with Crippen LogP contribution in [-0.4, -0.2) is 19.4 Å². The summed E-state index contributed by atoms with van der Waals surface area (Å²) in [7, 11) is 0. The first-order valence-electron chi connectivity index (χ1n) is 6.18. The van der Waals surface area contributed by atoms with Gasteiger partial charge in [0.25, 0.3) is 0 Å². The quantitative estimate of drug-likeness (QED) is 0.583. The van der Waals surface area contributed by atoms with Crippen LogP contribution < -0.4 is 0 Å². The van der Waals surface area contributed by atoms with Crippen molar-refractivity contribution in [2.24, 2.45) is 0 Å². The molecular formula is C15H21ClO3. The zero-order chi connectivity index (χ0) is 14.9. The topological polar surface area (TPSA) is 51.2 Å². The molecule has 0 aliphatic carbocycles. The minimum atomic E-state index is 0.507. The maximum Gasteiger partial charge on any atom is 0.151 e. The Bertz CT molecular complexity index is 340. The first kappa shape index (κ1) is 19.9. The van der Waals surface area contributed by atoms with Gasteiger partial charge >= 0.3 is 0 Å². The normalized spacial score (nSPS) is 8.32. The zero-order valence-corrected chi connectivity index (χ0v) is 12.1. The second-order valence-electron chi connectivity index (χ2n) is 3.66. The Labute approximate surface area is 120 Å². The summed E-state index contributed by atoms with van der Waals surface area (Å²) in [4.78, 5) is 27.9. The summed E-state index contributed by atoms with van der Waals surface area (Å²) in [6, 6.07) is 6.92. The molecule has 4 heteroatoms. The average molecular weight is 285 g/mol. The third-order valence-electron chi connectivity index (χ3n) is 2.21. The minimum absolute atomic E-state index is 0.507. The predicted octanol–water partition coefficient (Wildman–Crippen LogP) is 4.12. The molecule has 0 aromatic heterocycles. The van der Waals surface area contributed by atoms with Gasteiger partial charge in [-0.1, -0.05) is 56.0 Å². The van der Waals surface area contributed by atoms with Gasteiger partial charge in [-0.15, -0.1) is 0 Å². The van der Waals surface area contributed by atoms with Crippen molar-refractivity contribution in [3.8, 4) is 0 Å². The van der Waals surface area contributed by atoms with E-state index >= 15 is 0 Å². The fourth-order valence-corrected chi connectivity index (χ4v) is 1.41. The standard InChI is InChI=1S/C7H5ClO.C7H14O.CH2O/c8-7-4-2-1-3-6(7)5-9;1-2-3-4-5-6-7-8;1-2/h1-5H;7H,2-6H2,1H3;1H2. The van der Waals surface area contributed by atoms with Crippen molar-refractivity contribution >= 4 is 31.0 Å². The lowest BCUT2D eigenvalue weighted by molar-refractivity contribution is -0.108. The van der Waals surface area contributed by atoms with Crippen LogP contribution in [0.25, 0.3) is 0 Å². The number of carbonyl (C=O) groups is 3. The Hall–Kier alpha value is -1.48. The fourth-order valence-electron chi connectivity index (χ4n) is 1.23. The van der Waals surface area contributed by atoms with E-state index in [1.165, 1.54) is 19.3 Å². The van der Waals surface area contributed by atoms with E-state index in [0.717, 1.165) is 25.4 Å². The van der Waals surface area contributed by atoms with Gasteiger partial charge in [-0.3, -0.25) is 4.79 Å². The molecule has 0 amide bonds. The molecule has 1 rings (SSSR count). The van der Waals surface area contributed by atoms with Crippen LogP contribution >= 0.6 is 11.6 Å². The number of halogens is 1. The van der Waals surface area contributed by atoms with Crippen LogP contribution in [-0.2, 0) is 9.59 Å². The predicted molar refractivity (Wildman–Crippen MR) is 78.8 cm³/mol. The highest BCUT2D eigenvalue weighted by atomic mass is 35.5. The molecule has 0 aliphatic heterocycles. The summed E-state index contributed by atoms with van der Waals surface area (Å²) in [5.41, 5.74) is 0.541. The van der Waals surface area contributed by atoms with Gasteiger partial charge in [-0.25, -0.2) is 0 Å². The summed E-state index contributed by atoms with van der Waals surface area (Å²) in [6.45, 7) is 4.17. The molecule has 0 bridgehead atoms. The Balaban J connectivity index is 0. The molecule has 1 aromatic rings. The molecule has 0 atom stereocenters. The molecule has 0 saturated heterocycles. The molecular weight excluding hydrogens is 264 g/mol. The van der Waals surface area contributed by atoms with Gasteiger partial charge in [0.1, 0.15) is 13.1 Å². The third-order valence-corrected chi connectivity index (χ3v) is 2.55. The summed E-state index contributed by atoms with van der Waals surface area (Å²) < 4.78 is 0. The van der Waals surface area contributed by atoms with Crippen LogP contribution in [0, 0.1) is 0 Å². The van der Waals surface area contributed by atoms with Gasteiger partial charge in [0.05, 0.1) is 5.02 Å². The second-order valence-corrected chi connectivity index (χ2v) is 4.06. The van der Waals surface area contributed by atoms with Gasteiger partial charge in [0.2, 0.25) is 0 Å². The van der Waals surface area contributed by atoms with Crippen LogP contribution in [0.4, 0.5) is 0 Å². The van der Waals surface area contributed by atoms with Crippen molar-refractivity contribution in [3.05, 3.63) is 34.9 Å². The molecule has 0 fully saturated rings.